The van der Waals surface area contributed by atoms with Crippen LogP contribution in [0.5, 0.6) is 0 Å². The number of rotatable bonds is 0. The fourth-order valence-corrected chi connectivity index (χ4v) is 2.65. The largest absolute Gasteiger partial charge is 0.313 e. The fraction of sp³-hybridized carbons (Fsp3) is 1.00. The molecule has 2 fully saturated rings. The minimum atomic E-state index is 0.913. The van der Waals surface area contributed by atoms with E-state index in [0.717, 1.165) is 12.0 Å². The zero-order valence-corrected chi connectivity index (χ0v) is 5.71. The molecule has 0 aromatic rings. The SMILES string of the molecule is C1CC2NCC2CS1. The van der Waals surface area contributed by atoms with E-state index >= 15 is 0 Å². The van der Waals surface area contributed by atoms with Crippen LogP contribution in [-0.2, 0) is 0 Å². The van der Waals surface area contributed by atoms with Gasteiger partial charge < -0.3 is 5.32 Å². The number of hydrogen-bond donors (Lipinski definition) is 1. The summed E-state index contributed by atoms with van der Waals surface area (Å²) in [6.45, 7) is 1.29. The zero-order valence-electron chi connectivity index (χ0n) is 4.89. The van der Waals surface area contributed by atoms with Gasteiger partial charge in [0.2, 0.25) is 0 Å². The van der Waals surface area contributed by atoms with Crippen LogP contribution >= 0.6 is 11.8 Å². The first-order valence-electron chi connectivity index (χ1n) is 3.28. The normalized spacial score (nSPS) is 45.0. The first kappa shape index (κ1) is 5.12. The highest BCUT2D eigenvalue weighted by Crippen LogP contribution is 2.27. The Hall–Kier alpha value is 0.310. The molecule has 0 aromatic heterocycles. The highest BCUT2D eigenvalue weighted by Gasteiger charge is 2.32. The smallest absolute Gasteiger partial charge is 0.0123 e. The molecule has 2 atom stereocenters. The van der Waals surface area contributed by atoms with Gasteiger partial charge in [0.1, 0.15) is 0 Å². The van der Waals surface area contributed by atoms with Crippen LogP contribution in [0.25, 0.3) is 0 Å². The van der Waals surface area contributed by atoms with Crippen molar-refractivity contribution < 1.29 is 0 Å². The quantitative estimate of drug-likeness (QED) is 0.517. The monoisotopic (exact) mass is 129 g/mol. The molecule has 2 aliphatic rings. The van der Waals surface area contributed by atoms with Crippen molar-refractivity contribution >= 4 is 11.8 Å². The number of fused-ring (bicyclic) bond motifs is 1. The Bertz CT molecular complexity index is 82.5. The third-order valence-electron chi connectivity index (χ3n) is 2.12. The van der Waals surface area contributed by atoms with Gasteiger partial charge in [0, 0.05) is 12.6 Å². The molecule has 2 aliphatic heterocycles. The molecule has 2 rings (SSSR count). The van der Waals surface area contributed by atoms with Crippen LogP contribution < -0.4 is 5.32 Å². The Kier molecular flexibility index (Phi) is 1.23. The predicted octanol–water partition coefficient (Wildman–Crippen LogP) is 0.711. The van der Waals surface area contributed by atoms with Gasteiger partial charge in [0.05, 0.1) is 0 Å². The van der Waals surface area contributed by atoms with E-state index in [-0.39, 0.29) is 0 Å². The maximum absolute atomic E-state index is 3.43. The second-order valence-corrected chi connectivity index (χ2v) is 3.79. The Morgan fingerprint density at radius 1 is 1.50 bits per heavy atom. The fourth-order valence-electron chi connectivity index (χ4n) is 1.41. The van der Waals surface area contributed by atoms with Gasteiger partial charge >= 0.3 is 0 Å². The topological polar surface area (TPSA) is 12.0 Å². The molecule has 2 saturated heterocycles. The first-order chi connectivity index (χ1) is 3.97. The molecular weight excluding hydrogens is 118 g/mol. The molecule has 0 amide bonds. The van der Waals surface area contributed by atoms with Crippen molar-refractivity contribution in [2.24, 2.45) is 5.92 Å². The van der Waals surface area contributed by atoms with Gasteiger partial charge in [-0.3, -0.25) is 0 Å². The van der Waals surface area contributed by atoms with Crippen LogP contribution in [0.15, 0.2) is 0 Å². The lowest BCUT2D eigenvalue weighted by molar-refractivity contribution is 0.247. The minimum Gasteiger partial charge on any atom is -0.313 e. The molecule has 8 heavy (non-hydrogen) atoms. The molecular formula is C6H11NS. The molecule has 0 radical (unpaired) electrons. The molecule has 2 heteroatoms. The Morgan fingerprint density at radius 3 is 2.88 bits per heavy atom. The molecule has 0 spiro atoms. The van der Waals surface area contributed by atoms with E-state index in [1.165, 1.54) is 24.5 Å². The maximum Gasteiger partial charge on any atom is 0.0123 e. The summed E-state index contributed by atoms with van der Waals surface area (Å²) >= 11 is 2.12. The lowest BCUT2D eigenvalue weighted by Gasteiger charge is -2.41. The summed E-state index contributed by atoms with van der Waals surface area (Å²) in [5.41, 5.74) is 0. The highest BCUT2D eigenvalue weighted by atomic mass is 32.2. The van der Waals surface area contributed by atoms with Gasteiger partial charge in [0.15, 0.2) is 0 Å². The number of nitrogens with one attached hydrogen (secondary N) is 1. The van der Waals surface area contributed by atoms with E-state index in [1.54, 1.807) is 0 Å². The lowest BCUT2D eigenvalue weighted by atomic mass is 9.91. The summed E-state index contributed by atoms with van der Waals surface area (Å²) in [5, 5.41) is 3.43. The second kappa shape index (κ2) is 1.92. The van der Waals surface area contributed by atoms with Gasteiger partial charge in [-0.2, -0.15) is 11.8 Å². The molecule has 0 saturated carbocycles. The van der Waals surface area contributed by atoms with Crippen LogP contribution in [0.2, 0.25) is 0 Å². The molecule has 2 heterocycles. The van der Waals surface area contributed by atoms with E-state index in [1.807, 2.05) is 0 Å². The summed E-state index contributed by atoms with van der Waals surface area (Å²) in [5.74, 6) is 3.83. The molecule has 1 nitrogen and oxygen atoms in total. The van der Waals surface area contributed by atoms with Crippen molar-refractivity contribution in [1.29, 1.82) is 0 Å². The molecule has 0 aromatic carbocycles. The summed E-state index contributed by atoms with van der Waals surface area (Å²) < 4.78 is 0. The predicted molar refractivity (Wildman–Crippen MR) is 37.2 cm³/mol. The van der Waals surface area contributed by atoms with E-state index in [4.69, 9.17) is 0 Å². The third kappa shape index (κ3) is 0.669. The van der Waals surface area contributed by atoms with Gasteiger partial charge in [0.25, 0.3) is 0 Å². The molecule has 1 N–H and O–H groups in total. The van der Waals surface area contributed by atoms with Crippen molar-refractivity contribution in [3.63, 3.8) is 0 Å². The maximum atomic E-state index is 3.43. The van der Waals surface area contributed by atoms with Crippen LogP contribution in [-0.4, -0.2) is 24.1 Å². The number of hydrogen-bond acceptors (Lipinski definition) is 2. The van der Waals surface area contributed by atoms with Crippen molar-refractivity contribution in [3.8, 4) is 0 Å². The first-order valence-corrected chi connectivity index (χ1v) is 4.43. The van der Waals surface area contributed by atoms with E-state index in [0.29, 0.717) is 0 Å². The van der Waals surface area contributed by atoms with Crippen LogP contribution in [0.3, 0.4) is 0 Å². The van der Waals surface area contributed by atoms with Gasteiger partial charge in [-0.1, -0.05) is 0 Å². The van der Waals surface area contributed by atoms with E-state index in [2.05, 4.69) is 17.1 Å². The second-order valence-electron chi connectivity index (χ2n) is 2.64. The number of thioether (sulfide) groups is 1. The summed E-state index contributed by atoms with van der Waals surface area (Å²) in [4.78, 5) is 0. The van der Waals surface area contributed by atoms with Crippen LogP contribution in [0.1, 0.15) is 6.42 Å². The van der Waals surface area contributed by atoms with Gasteiger partial charge in [-0.25, -0.2) is 0 Å². The van der Waals surface area contributed by atoms with Crippen LogP contribution in [0.4, 0.5) is 0 Å². The highest BCUT2D eigenvalue weighted by molar-refractivity contribution is 7.99. The van der Waals surface area contributed by atoms with E-state index in [9.17, 15) is 0 Å². The molecule has 0 aliphatic carbocycles. The van der Waals surface area contributed by atoms with Crippen molar-refractivity contribution in [1.82, 2.24) is 5.32 Å². The van der Waals surface area contributed by atoms with Gasteiger partial charge in [-0.15, -0.1) is 0 Å². The molecule has 0 bridgehead atoms. The average Bonchev–Trinajstić information content (AvgIpc) is 1.72. The zero-order chi connectivity index (χ0) is 5.40. The third-order valence-corrected chi connectivity index (χ3v) is 3.30. The standard InChI is InChI=1S/C6H11NS/c1-2-8-4-5-3-7-6(1)5/h5-7H,1-4H2. The summed E-state index contributed by atoms with van der Waals surface area (Å²) in [6.07, 6.45) is 1.41. The van der Waals surface area contributed by atoms with Crippen molar-refractivity contribution in [2.75, 3.05) is 18.1 Å². The lowest BCUT2D eigenvalue weighted by Crippen LogP contribution is -2.55. The molecule has 46 valence electrons. The molecule has 2 unspecified atom stereocenters. The van der Waals surface area contributed by atoms with Gasteiger partial charge in [-0.05, 0) is 23.8 Å². The summed E-state index contributed by atoms with van der Waals surface area (Å²) in [7, 11) is 0. The van der Waals surface area contributed by atoms with E-state index < -0.39 is 0 Å². The van der Waals surface area contributed by atoms with Crippen molar-refractivity contribution in [3.05, 3.63) is 0 Å². The average molecular weight is 129 g/mol. The Balaban J connectivity index is 1.92. The van der Waals surface area contributed by atoms with Crippen molar-refractivity contribution in [2.45, 2.75) is 12.5 Å². The van der Waals surface area contributed by atoms with Crippen LogP contribution in [0, 0.1) is 5.92 Å². The minimum absolute atomic E-state index is 0.913. The Morgan fingerprint density at radius 2 is 2.50 bits per heavy atom. The Labute approximate surface area is 54.2 Å². The summed E-state index contributed by atoms with van der Waals surface area (Å²) in [6, 6.07) is 0.913.